The van der Waals surface area contributed by atoms with Crippen LogP contribution in [-0.2, 0) is 4.74 Å². The average molecular weight is 417 g/mol. The SMILES string of the molecule is N#Cc1ccc(N2CCC(OCC#CCN3CCN(c4ccccn4)CC3)CC2)cn1. The molecule has 0 aliphatic carbocycles. The smallest absolute Gasteiger partial charge is 0.140 e. The highest BCUT2D eigenvalue weighted by molar-refractivity contribution is 5.46. The highest BCUT2D eigenvalue weighted by Crippen LogP contribution is 2.20. The summed E-state index contributed by atoms with van der Waals surface area (Å²) in [7, 11) is 0. The third-order valence-corrected chi connectivity index (χ3v) is 5.83. The molecule has 7 heteroatoms. The number of rotatable bonds is 5. The zero-order valence-electron chi connectivity index (χ0n) is 17.8. The van der Waals surface area contributed by atoms with Crippen molar-refractivity contribution in [1.29, 1.82) is 5.26 Å². The van der Waals surface area contributed by atoms with Crippen LogP contribution in [-0.4, -0.2) is 73.4 Å². The number of aromatic nitrogens is 2. The monoisotopic (exact) mass is 416 g/mol. The van der Waals surface area contributed by atoms with E-state index in [1.165, 1.54) is 0 Å². The molecule has 4 rings (SSSR count). The number of nitrogens with zero attached hydrogens (tertiary/aromatic N) is 6. The van der Waals surface area contributed by atoms with Gasteiger partial charge in [-0.1, -0.05) is 17.9 Å². The minimum absolute atomic E-state index is 0.263. The second-order valence-corrected chi connectivity index (χ2v) is 7.82. The van der Waals surface area contributed by atoms with E-state index in [1.807, 2.05) is 24.4 Å². The molecule has 2 saturated heterocycles. The van der Waals surface area contributed by atoms with Gasteiger partial charge in [-0.2, -0.15) is 5.26 Å². The Morgan fingerprint density at radius 1 is 0.935 bits per heavy atom. The Labute approximate surface area is 184 Å². The first-order valence-electron chi connectivity index (χ1n) is 10.9. The van der Waals surface area contributed by atoms with Gasteiger partial charge in [-0.25, -0.2) is 9.97 Å². The molecular formula is C24H28N6O. The largest absolute Gasteiger partial charge is 0.370 e. The van der Waals surface area contributed by atoms with Crippen LogP contribution in [0.25, 0.3) is 0 Å². The standard InChI is InChI=1S/C24H28N6O/c25-19-21-6-7-22(20-27-21)29-12-8-23(9-13-29)31-18-4-3-11-28-14-16-30(17-15-28)24-5-1-2-10-26-24/h1-2,5-7,10,20,23H,8-9,11-18H2. The van der Waals surface area contributed by atoms with Gasteiger partial charge in [-0.3, -0.25) is 4.90 Å². The topological polar surface area (TPSA) is 68.5 Å². The maximum Gasteiger partial charge on any atom is 0.140 e. The second-order valence-electron chi connectivity index (χ2n) is 7.82. The zero-order chi connectivity index (χ0) is 21.3. The van der Waals surface area contributed by atoms with Crippen molar-refractivity contribution in [3.63, 3.8) is 0 Å². The van der Waals surface area contributed by atoms with Gasteiger partial charge in [0.2, 0.25) is 0 Å². The molecular weight excluding hydrogens is 388 g/mol. The molecule has 0 atom stereocenters. The molecule has 0 radical (unpaired) electrons. The number of piperidine rings is 1. The summed E-state index contributed by atoms with van der Waals surface area (Å²) in [4.78, 5) is 15.6. The molecule has 0 aromatic carbocycles. The van der Waals surface area contributed by atoms with Gasteiger partial charge in [0.15, 0.2) is 0 Å². The Morgan fingerprint density at radius 3 is 2.45 bits per heavy atom. The van der Waals surface area contributed by atoms with Gasteiger partial charge in [0.25, 0.3) is 0 Å². The van der Waals surface area contributed by atoms with Crippen LogP contribution in [0, 0.1) is 23.2 Å². The summed E-state index contributed by atoms with van der Waals surface area (Å²) in [6, 6.07) is 11.8. The molecule has 0 N–H and O–H groups in total. The Morgan fingerprint density at radius 2 is 1.77 bits per heavy atom. The van der Waals surface area contributed by atoms with Crippen LogP contribution >= 0.6 is 0 Å². The molecule has 0 saturated carbocycles. The van der Waals surface area contributed by atoms with Gasteiger partial charge < -0.3 is 14.5 Å². The van der Waals surface area contributed by atoms with Crippen LogP contribution in [0.3, 0.4) is 0 Å². The van der Waals surface area contributed by atoms with Gasteiger partial charge in [-0.15, -0.1) is 0 Å². The molecule has 0 spiro atoms. The van der Waals surface area contributed by atoms with Crippen molar-refractivity contribution >= 4 is 11.5 Å². The Kier molecular flexibility index (Phi) is 7.33. The van der Waals surface area contributed by atoms with E-state index in [1.54, 1.807) is 12.3 Å². The van der Waals surface area contributed by atoms with Gasteiger partial charge in [0, 0.05) is 45.5 Å². The molecule has 7 nitrogen and oxygen atoms in total. The quantitative estimate of drug-likeness (QED) is 0.692. The number of pyridine rings is 2. The Balaban J connectivity index is 1.11. The summed E-state index contributed by atoms with van der Waals surface area (Å²) in [5.41, 5.74) is 1.52. The minimum atomic E-state index is 0.263. The molecule has 2 fully saturated rings. The van der Waals surface area contributed by atoms with Gasteiger partial charge in [0.1, 0.15) is 24.2 Å². The Hall–Kier alpha value is -3.13. The molecule has 0 amide bonds. The summed E-state index contributed by atoms with van der Waals surface area (Å²) < 4.78 is 5.97. The van der Waals surface area contributed by atoms with E-state index in [0.29, 0.717) is 12.3 Å². The third-order valence-electron chi connectivity index (χ3n) is 5.83. The van der Waals surface area contributed by atoms with Crippen LogP contribution in [0.15, 0.2) is 42.7 Å². The first-order valence-corrected chi connectivity index (χ1v) is 10.9. The fourth-order valence-corrected chi connectivity index (χ4v) is 3.97. The second kappa shape index (κ2) is 10.8. The number of piperazine rings is 1. The molecule has 160 valence electrons. The molecule has 0 bridgehead atoms. The van der Waals surface area contributed by atoms with E-state index in [4.69, 9.17) is 10.00 Å². The molecule has 2 aromatic rings. The number of anilines is 2. The fourth-order valence-electron chi connectivity index (χ4n) is 3.97. The summed E-state index contributed by atoms with van der Waals surface area (Å²) in [6.45, 7) is 7.16. The molecule has 2 aromatic heterocycles. The number of hydrogen-bond acceptors (Lipinski definition) is 7. The summed E-state index contributed by atoms with van der Waals surface area (Å²) >= 11 is 0. The molecule has 2 aliphatic rings. The maximum atomic E-state index is 8.86. The average Bonchev–Trinajstić information content (AvgIpc) is 2.85. The fraction of sp³-hybridized carbons (Fsp3) is 0.458. The van der Waals surface area contributed by atoms with E-state index in [9.17, 15) is 0 Å². The summed E-state index contributed by atoms with van der Waals surface area (Å²) in [5.74, 6) is 7.51. The lowest BCUT2D eigenvalue weighted by Crippen LogP contribution is -2.46. The van der Waals surface area contributed by atoms with Crippen molar-refractivity contribution in [2.45, 2.75) is 18.9 Å². The van der Waals surface area contributed by atoms with E-state index in [2.05, 4.69) is 48.6 Å². The summed E-state index contributed by atoms with van der Waals surface area (Å²) in [6.07, 6.45) is 5.86. The van der Waals surface area contributed by atoms with E-state index >= 15 is 0 Å². The lowest BCUT2D eigenvalue weighted by Gasteiger charge is -2.34. The zero-order valence-corrected chi connectivity index (χ0v) is 17.8. The van der Waals surface area contributed by atoms with Crippen molar-refractivity contribution < 1.29 is 4.74 Å². The van der Waals surface area contributed by atoms with Crippen LogP contribution in [0.2, 0.25) is 0 Å². The van der Waals surface area contributed by atoms with Crippen molar-refractivity contribution in [3.05, 3.63) is 48.4 Å². The van der Waals surface area contributed by atoms with Crippen molar-refractivity contribution in [1.82, 2.24) is 14.9 Å². The van der Waals surface area contributed by atoms with Gasteiger partial charge in [0.05, 0.1) is 24.5 Å². The van der Waals surface area contributed by atoms with Crippen LogP contribution in [0.1, 0.15) is 18.5 Å². The third kappa shape index (κ3) is 5.95. The number of hydrogen-bond donors (Lipinski definition) is 0. The first-order chi connectivity index (χ1) is 15.3. The number of nitriles is 1. The van der Waals surface area contributed by atoms with Gasteiger partial charge in [-0.05, 0) is 37.1 Å². The van der Waals surface area contributed by atoms with E-state index < -0.39 is 0 Å². The normalized spacial score (nSPS) is 17.6. The summed E-state index contributed by atoms with van der Waals surface area (Å²) in [5, 5.41) is 8.86. The molecule has 2 aliphatic heterocycles. The van der Waals surface area contributed by atoms with Crippen LogP contribution in [0.4, 0.5) is 11.5 Å². The minimum Gasteiger partial charge on any atom is -0.370 e. The highest BCUT2D eigenvalue weighted by Gasteiger charge is 2.20. The predicted molar refractivity (Wildman–Crippen MR) is 121 cm³/mol. The van der Waals surface area contributed by atoms with Crippen LogP contribution < -0.4 is 9.80 Å². The predicted octanol–water partition coefficient (Wildman–Crippen LogP) is 2.16. The lowest BCUT2D eigenvalue weighted by molar-refractivity contribution is 0.0594. The van der Waals surface area contributed by atoms with Gasteiger partial charge >= 0.3 is 0 Å². The van der Waals surface area contributed by atoms with Crippen molar-refractivity contribution in [3.8, 4) is 17.9 Å². The van der Waals surface area contributed by atoms with E-state index in [0.717, 1.165) is 70.2 Å². The van der Waals surface area contributed by atoms with Crippen molar-refractivity contribution in [2.75, 3.05) is 62.2 Å². The molecule has 4 heterocycles. The molecule has 31 heavy (non-hydrogen) atoms. The lowest BCUT2D eigenvalue weighted by atomic mass is 10.1. The Bertz CT molecular complexity index is 915. The molecule has 0 unspecified atom stereocenters. The maximum absolute atomic E-state index is 8.86. The van der Waals surface area contributed by atoms with E-state index in [-0.39, 0.29) is 6.10 Å². The van der Waals surface area contributed by atoms with Crippen molar-refractivity contribution in [2.24, 2.45) is 0 Å². The highest BCUT2D eigenvalue weighted by atomic mass is 16.5. The first kappa shape index (κ1) is 21.1. The number of ether oxygens (including phenoxy) is 1. The van der Waals surface area contributed by atoms with Crippen LogP contribution in [0.5, 0.6) is 0 Å².